The van der Waals surface area contributed by atoms with Crippen LogP contribution in [0, 0.1) is 0 Å². The van der Waals surface area contributed by atoms with Crippen molar-refractivity contribution < 1.29 is 14.6 Å². The first-order chi connectivity index (χ1) is 10.6. The molecule has 0 bridgehead atoms. The molecule has 22 heavy (non-hydrogen) atoms. The van der Waals surface area contributed by atoms with Gasteiger partial charge >= 0.3 is 0 Å². The maximum Gasteiger partial charge on any atom is 0.225 e. The van der Waals surface area contributed by atoms with Gasteiger partial charge in [0.05, 0.1) is 12.0 Å². The Labute approximate surface area is 132 Å². The maximum atomic E-state index is 12.3. The third-order valence-electron chi connectivity index (χ3n) is 4.86. The molecule has 0 aromatic heterocycles. The van der Waals surface area contributed by atoms with Gasteiger partial charge < -0.3 is 14.7 Å². The van der Waals surface area contributed by atoms with Crippen LogP contribution in [-0.4, -0.2) is 40.7 Å². The van der Waals surface area contributed by atoms with Gasteiger partial charge in [0.15, 0.2) is 0 Å². The summed E-state index contributed by atoms with van der Waals surface area (Å²) in [5.41, 5.74) is -0.742. The van der Waals surface area contributed by atoms with Crippen molar-refractivity contribution in [2.45, 2.75) is 56.7 Å². The number of rotatable bonds is 4. The molecule has 3 rings (SSSR count). The van der Waals surface area contributed by atoms with Crippen LogP contribution in [-0.2, 0) is 4.79 Å². The van der Waals surface area contributed by atoms with Crippen molar-refractivity contribution in [2.24, 2.45) is 0 Å². The normalized spacial score (nSPS) is 21.8. The van der Waals surface area contributed by atoms with Crippen LogP contribution in [0.15, 0.2) is 30.3 Å². The summed E-state index contributed by atoms with van der Waals surface area (Å²) in [6, 6.07) is 9.84. The molecule has 1 amide bonds. The largest absolute Gasteiger partial charge is 0.490 e. The summed E-state index contributed by atoms with van der Waals surface area (Å²) >= 11 is 0. The smallest absolute Gasteiger partial charge is 0.225 e. The van der Waals surface area contributed by atoms with Gasteiger partial charge in [-0.1, -0.05) is 31.0 Å². The summed E-state index contributed by atoms with van der Waals surface area (Å²) < 4.78 is 5.95. The molecule has 0 unspecified atom stereocenters. The van der Waals surface area contributed by atoms with Gasteiger partial charge in [-0.05, 0) is 25.0 Å². The molecule has 1 saturated heterocycles. The van der Waals surface area contributed by atoms with Gasteiger partial charge in [0.25, 0.3) is 0 Å². The minimum absolute atomic E-state index is 0.0996. The molecule has 1 aromatic carbocycles. The highest BCUT2D eigenvalue weighted by molar-refractivity contribution is 5.77. The van der Waals surface area contributed by atoms with E-state index in [0.717, 1.165) is 57.4 Å². The zero-order chi connectivity index (χ0) is 15.4. The predicted octanol–water partition coefficient (Wildman–Crippen LogP) is 2.75. The Hall–Kier alpha value is -1.55. The molecule has 0 radical (unpaired) electrons. The number of nitrogens with zero attached hydrogens (tertiary/aromatic N) is 1. The number of aliphatic hydroxyl groups is 1. The Balaban J connectivity index is 1.46. The number of para-hydroxylation sites is 1. The van der Waals surface area contributed by atoms with Crippen molar-refractivity contribution >= 4 is 5.91 Å². The number of carbonyl (C=O) groups is 1. The summed E-state index contributed by atoms with van der Waals surface area (Å²) in [6.07, 6.45) is 5.81. The molecular weight excluding hydrogens is 278 g/mol. The number of amides is 1. The van der Waals surface area contributed by atoms with E-state index in [9.17, 15) is 9.90 Å². The molecule has 4 nitrogen and oxygen atoms in total. The average molecular weight is 303 g/mol. The van der Waals surface area contributed by atoms with Gasteiger partial charge in [-0.2, -0.15) is 0 Å². The molecule has 2 aliphatic rings. The van der Waals surface area contributed by atoms with E-state index >= 15 is 0 Å². The average Bonchev–Trinajstić information content (AvgIpc) is 2.95. The number of likely N-dealkylation sites (tertiary alicyclic amines) is 1. The highest BCUT2D eigenvalue weighted by atomic mass is 16.5. The highest BCUT2D eigenvalue weighted by Crippen LogP contribution is 2.33. The molecule has 1 aliphatic carbocycles. The molecule has 120 valence electrons. The number of carbonyl (C=O) groups excluding carboxylic acids is 1. The van der Waals surface area contributed by atoms with E-state index in [2.05, 4.69) is 0 Å². The van der Waals surface area contributed by atoms with E-state index in [0.29, 0.717) is 0 Å². The third-order valence-corrected chi connectivity index (χ3v) is 4.86. The van der Waals surface area contributed by atoms with Crippen LogP contribution >= 0.6 is 0 Å². The van der Waals surface area contributed by atoms with Crippen LogP contribution in [0.5, 0.6) is 5.75 Å². The Morgan fingerprint density at radius 1 is 1.18 bits per heavy atom. The summed E-state index contributed by atoms with van der Waals surface area (Å²) in [5.74, 6) is 0.995. The lowest BCUT2D eigenvalue weighted by molar-refractivity contribution is -0.138. The number of ether oxygens (including phenoxy) is 1. The molecule has 1 saturated carbocycles. The van der Waals surface area contributed by atoms with Gasteiger partial charge in [0.2, 0.25) is 5.91 Å². The van der Waals surface area contributed by atoms with Crippen LogP contribution in [0.3, 0.4) is 0 Å². The zero-order valence-corrected chi connectivity index (χ0v) is 13.0. The predicted molar refractivity (Wildman–Crippen MR) is 84.7 cm³/mol. The minimum Gasteiger partial charge on any atom is -0.490 e. The van der Waals surface area contributed by atoms with Crippen LogP contribution in [0.4, 0.5) is 0 Å². The second kappa shape index (κ2) is 6.69. The van der Waals surface area contributed by atoms with E-state index in [4.69, 9.17) is 4.74 Å². The molecule has 1 heterocycles. The topological polar surface area (TPSA) is 49.8 Å². The molecule has 4 heteroatoms. The summed E-state index contributed by atoms with van der Waals surface area (Å²) in [6.45, 7) is 1.46. The Kier molecular flexibility index (Phi) is 4.67. The number of piperidine rings is 1. The quantitative estimate of drug-likeness (QED) is 0.930. The van der Waals surface area contributed by atoms with Crippen molar-refractivity contribution in [1.29, 1.82) is 0 Å². The fraction of sp³-hybridized carbons (Fsp3) is 0.611. The SMILES string of the molecule is O=C(CC1(O)CCCC1)N1CCC(Oc2ccccc2)CC1. The van der Waals surface area contributed by atoms with Crippen LogP contribution < -0.4 is 4.74 Å². The van der Waals surface area contributed by atoms with E-state index in [1.807, 2.05) is 35.2 Å². The van der Waals surface area contributed by atoms with Gasteiger partial charge in [-0.3, -0.25) is 4.79 Å². The maximum absolute atomic E-state index is 12.3. The van der Waals surface area contributed by atoms with E-state index in [1.165, 1.54) is 0 Å². The third kappa shape index (κ3) is 3.80. The second-order valence-electron chi connectivity index (χ2n) is 6.62. The molecular formula is C18H25NO3. The molecule has 1 aliphatic heterocycles. The molecule has 1 aromatic rings. The van der Waals surface area contributed by atoms with Gasteiger partial charge in [0.1, 0.15) is 11.9 Å². The summed E-state index contributed by atoms with van der Waals surface area (Å²) in [7, 11) is 0. The first-order valence-electron chi connectivity index (χ1n) is 8.37. The lowest BCUT2D eigenvalue weighted by atomic mass is 9.96. The summed E-state index contributed by atoms with van der Waals surface area (Å²) in [4.78, 5) is 14.2. The van der Waals surface area contributed by atoms with Crippen LogP contribution in [0.2, 0.25) is 0 Å². The van der Waals surface area contributed by atoms with E-state index in [-0.39, 0.29) is 18.4 Å². The fourth-order valence-corrected chi connectivity index (χ4v) is 3.52. The van der Waals surface area contributed by atoms with Crippen molar-refractivity contribution in [2.75, 3.05) is 13.1 Å². The van der Waals surface area contributed by atoms with Crippen LogP contribution in [0.1, 0.15) is 44.9 Å². The highest BCUT2D eigenvalue weighted by Gasteiger charge is 2.35. The lowest BCUT2D eigenvalue weighted by Gasteiger charge is -2.34. The van der Waals surface area contributed by atoms with E-state index < -0.39 is 5.60 Å². The van der Waals surface area contributed by atoms with Crippen molar-refractivity contribution in [3.63, 3.8) is 0 Å². The Morgan fingerprint density at radius 3 is 2.45 bits per heavy atom. The van der Waals surface area contributed by atoms with Crippen molar-refractivity contribution in [3.8, 4) is 5.75 Å². The molecule has 1 N–H and O–H groups in total. The second-order valence-corrected chi connectivity index (χ2v) is 6.62. The lowest BCUT2D eigenvalue weighted by Crippen LogP contribution is -2.44. The van der Waals surface area contributed by atoms with Gasteiger partial charge in [-0.25, -0.2) is 0 Å². The number of benzene rings is 1. The molecule has 2 fully saturated rings. The molecule has 0 atom stereocenters. The van der Waals surface area contributed by atoms with Crippen molar-refractivity contribution in [3.05, 3.63) is 30.3 Å². The number of hydrogen-bond acceptors (Lipinski definition) is 3. The number of hydrogen-bond donors (Lipinski definition) is 1. The van der Waals surface area contributed by atoms with Crippen molar-refractivity contribution in [1.82, 2.24) is 4.90 Å². The minimum atomic E-state index is -0.742. The zero-order valence-electron chi connectivity index (χ0n) is 13.0. The standard InChI is InChI=1S/C18H25NO3/c20-17(14-18(21)10-4-5-11-18)19-12-8-16(9-13-19)22-15-6-2-1-3-7-15/h1-3,6-7,16,21H,4-5,8-14H2. The summed E-state index contributed by atoms with van der Waals surface area (Å²) in [5, 5.41) is 10.4. The van der Waals surface area contributed by atoms with Crippen LogP contribution in [0.25, 0.3) is 0 Å². The van der Waals surface area contributed by atoms with Gasteiger partial charge in [-0.15, -0.1) is 0 Å². The first-order valence-corrected chi connectivity index (χ1v) is 8.37. The monoisotopic (exact) mass is 303 g/mol. The first kappa shape index (κ1) is 15.3. The molecule has 0 spiro atoms. The van der Waals surface area contributed by atoms with E-state index in [1.54, 1.807) is 0 Å². The van der Waals surface area contributed by atoms with Gasteiger partial charge in [0, 0.05) is 25.9 Å². The Morgan fingerprint density at radius 2 is 1.82 bits per heavy atom. The fourth-order valence-electron chi connectivity index (χ4n) is 3.52. The Bertz CT molecular complexity index is 488.